The van der Waals surface area contributed by atoms with Crippen LogP contribution in [0.4, 0.5) is 23.3 Å². The summed E-state index contributed by atoms with van der Waals surface area (Å²) < 4.78 is 5.05. The topological polar surface area (TPSA) is 128 Å². The predicted octanol–water partition coefficient (Wildman–Crippen LogP) is 10.1. The van der Waals surface area contributed by atoms with Gasteiger partial charge in [0.15, 0.2) is 0 Å². The summed E-state index contributed by atoms with van der Waals surface area (Å²) in [5, 5.41) is 11.2. The van der Waals surface area contributed by atoms with Crippen molar-refractivity contribution in [1.82, 2.24) is 29.9 Å². The van der Waals surface area contributed by atoms with Crippen LogP contribution in [0.25, 0.3) is 32.7 Å². The first-order valence-electron chi connectivity index (χ1n) is 15.2. The number of benzene rings is 3. The highest BCUT2D eigenvalue weighted by Gasteiger charge is 2.18. The number of hydrogen-bond acceptors (Lipinski definition) is 12. The Balaban J connectivity index is 0.000000173. The van der Waals surface area contributed by atoms with Gasteiger partial charge in [0.1, 0.15) is 26.3 Å². The van der Waals surface area contributed by atoms with Crippen LogP contribution in [-0.4, -0.2) is 42.5 Å². The van der Waals surface area contributed by atoms with Crippen molar-refractivity contribution in [2.45, 2.75) is 13.8 Å². The van der Waals surface area contributed by atoms with E-state index in [1.54, 1.807) is 55.8 Å². The lowest BCUT2D eigenvalue weighted by Gasteiger charge is -2.05. The lowest BCUT2D eigenvalue weighted by molar-refractivity contribution is 0.0531. The molecule has 250 valence electrons. The van der Waals surface area contributed by atoms with E-state index in [2.05, 4.69) is 35.6 Å². The van der Waals surface area contributed by atoms with E-state index in [9.17, 15) is 4.79 Å². The molecule has 0 unspecified atom stereocenters. The van der Waals surface area contributed by atoms with Gasteiger partial charge in [0.2, 0.25) is 11.9 Å². The quantitative estimate of drug-likeness (QED) is 0.138. The molecule has 0 aliphatic rings. The minimum atomic E-state index is -0.364. The molecule has 0 bridgehead atoms. The highest BCUT2D eigenvalue weighted by Crippen LogP contribution is 2.30. The van der Waals surface area contributed by atoms with Crippen LogP contribution in [0.5, 0.6) is 0 Å². The van der Waals surface area contributed by atoms with Gasteiger partial charge in [-0.2, -0.15) is 0 Å². The molecule has 4 heterocycles. The van der Waals surface area contributed by atoms with Crippen molar-refractivity contribution < 1.29 is 9.53 Å². The Morgan fingerprint density at radius 1 is 0.700 bits per heavy atom. The number of carbonyl (C=O) groups excluding carboxylic acids is 1. The molecule has 0 saturated heterocycles. The number of aromatic nitrogens is 6. The molecule has 0 saturated carbocycles. The Morgan fingerprint density at radius 3 is 1.82 bits per heavy atom. The van der Waals surface area contributed by atoms with Crippen molar-refractivity contribution in [2.75, 3.05) is 17.2 Å². The van der Waals surface area contributed by atoms with E-state index in [4.69, 9.17) is 32.9 Å². The van der Waals surface area contributed by atoms with Crippen LogP contribution in [0.2, 0.25) is 10.0 Å². The van der Waals surface area contributed by atoms with Gasteiger partial charge in [-0.15, -0.1) is 22.7 Å². The number of hydrogen-bond donors (Lipinski definition) is 2. The van der Waals surface area contributed by atoms with Gasteiger partial charge in [0.05, 0.1) is 18.0 Å². The highest BCUT2D eigenvalue weighted by molar-refractivity contribution is 7.17. The molecule has 0 fully saturated rings. The number of halogens is 2. The number of anilines is 4. The molecule has 0 atom stereocenters. The molecule has 50 heavy (non-hydrogen) atoms. The Labute approximate surface area is 306 Å². The predicted molar refractivity (Wildman–Crippen MR) is 202 cm³/mol. The van der Waals surface area contributed by atoms with Crippen LogP contribution in [0.1, 0.15) is 22.3 Å². The zero-order valence-electron chi connectivity index (χ0n) is 26.7. The van der Waals surface area contributed by atoms with Crippen molar-refractivity contribution in [3.8, 4) is 32.7 Å². The number of nitrogens with zero attached hydrogens (tertiary/aromatic N) is 6. The summed E-state index contributed by atoms with van der Waals surface area (Å²) in [6.07, 6.45) is 3.37. The van der Waals surface area contributed by atoms with E-state index >= 15 is 0 Å². The number of ether oxygens (including phenoxy) is 1. The van der Waals surface area contributed by atoms with Crippen LogP contribution >= 0.6 is 45.9 Å². The molecule has 0 amide bonds. The molecule has 3 aromatic carbocycles. The largest absolute Gasteiger partial charge is 0.462 e. The van der Waals surface area contributed by atoms with Crippen molar-refractivity contribution in [2.24, 2.45) is 0 Å². The Kier molecular flexibility index (Phi) is 11.4. The summed E-state index contributed by atoms with van der Waals surface area (Å²) in [6.45, 7) is 3.88. The summed E-state index contributed by atoms with van der Waals surface area (Å²) >= 11 is 14.6. The fourth-order valence-corrected chi connectivity index (χ4v) is 6.40. The molecule has 7 rings (SSSR count). The number of thiazole rings is 2. The number of nitrogens with one attached hydrogen (secondary N) is 2. The van der Waals surface area contributed by atoms with Gasteiger partial charge >= 0.3 is 5.97 Å². The number of aryl methyl sites for hydroxylation is 1. The van der Waals surface area contributed by atoms with Crippen molar-refractivity contribution in [3.63, 3.8) is 0 Å². The molecule has 7 aromatic rings. The normalized spacial score (nSPS) is 10.6. The fraction of sp³-hybridized carbons (Fsp3) is 0.0833. The molecule has 2 N–H and O–H groups in total. The van der Waals surface area contributed by atoms with Gasteiger partial charge in [-0.25, -0.2) is 34.7 Å². The second-order valence-corrected chi connectivity index (χ2v) is 13.1. The highest BCUT2D eigenvalue weighted by atomic mass is 35.5. The first kappa shape index (κ1) is 34.6. The van der Waals surface area contributed by atoms with Gasteiger partial charge in [-0.05, 0) is 74.5 Å². The Morgan fingerprint density at radius 2 is 1.26 bits per heavy atom. The number of rotatable bonds is 9. The standard InChI is InChI=1S/C19H13ClN4S.C17H15ClN4O2S/c20-14-6-8-15(9-7-14)22-19-21-11-10-16(24-19)18-23-17(12-25-18)13-4-2-1-3-5-13;1-3-24-16(23)14-10(2)20-15(25-14)13-8-9-19-17(22-13)21-12-6-4-11(18)5-7-12/h1-12H,(H,21,22,24);4-9H,3H2,1-2H3,(H,19,21,22). The van der Waals surface area contributed by atoms with Crippen molar-refractivity contribution >= 4 is 75.1 Å². The van der Waals surface area contributed by atoms with Crippen LogP contribution in [0, 0.1) is 6.92 Å². The zero-order chi connectivity index (χ0) is 34.9. The third-order valence-corrected chi connectivity index (χ3v) is 9.31. The average molecular weight is 740 g/mol. The van der Waals surface area contributed by atoms with Gasteiger partial charge < -0.3 is 15.4 Å². The average Bonchev–Trinajstić information content (AvgIpc) is 3.79. The monoisotopic (exact) mass is 738 g/mol. The second-order valence-electron chi connectivity index (χ2n) is 10.4. The summed E-state index contributed by atoms with van der Waals surface area (Å²) in [4.78, 5) is 39.0. The maximum Gasteiger partial charge on any atom is 0.350 e. The van der Waals surface area contributed by atoms with Crippen molar-refractivity contribution in [1.29, 1.82) is 0 Å². The summed E-state index contributed by atoms with van der Waals surface area (Å²) in [7, 11) is 0. The van der Waals surface area contributed by atoms with Gasteiger partial charge in [-0.3, -0.25) is 0 Å². The molecule has 0 aliphatic heterocycles. The Hall–Kier alpha value is -5.27. The first-order valence-corrected chi connectivity index (χ1v) is 17.7. The van der Waals surface area contributed by atoms with Crippen LogP contribution in [0.15, 0.2) is 109 Å². The summed E-state index contributed by atoms with van der Waals surface area (Å²) in [6, 6.07) is 28.4. The smallest absolute Gasteiger partial charge is 0.350 e. The lowest BCUT2D eigenvalue weighted by atomic mass is 10.2. The van der Waals surface area contributed by atoms with Crippen molar-refractivity contribution in [3.05, 3.63) is 129 Å². The molecular formula is C36H28Cl2N8O2S2. The van der Waals surface area contributed by atoms with E-state index in [1.165, 1.54) is 11.3 Å². The summed E-state index contributed by atoms with van der Waals surface area (Å²) in [5.41, 5.74) is 5.80. The van der Waals surface area contributed by atoms with Crippen LogP contribution in [0.3, 0.4) is 0 Å². The van der Waals surface area contributed by atoms with Gasteiger partial charge in [0.25, 0.3) is 0 Å². The van der Waals surface area contributed by atoms with E-state index in [1.807, 2.05) is 78.2 Å². The molecule has 4 aromatic heterocycles. The van der Waals surface area contributed by atoms with E-state index in [0.29, 0.717) is 49.8 Å². The molecule has 0 radical (unpaired) electrons. The van der Waals surface area contributed by atoms with E-state index in [-0.39, 0.29) is 5.97 Å². The molecule has 10 nitrogen and oxygen atoms in total. The van der Waals surface area contributed by atoms with Crippen LogP contribution in [-0.2, 0) is 4.74 Å². The van der Waals surface area contributed by atoms with Gasteiger partial charge in [-0.1, -0.05) is 53.5 Å². The van der Waals surface area contributed by atoms with E-state index < -0.39 is 0 Å². The SMILES string of the molecule is CCOC(=O)c1sc(-c2ccnc(Nc3ccc(Cl)cc3)n2)nc1C.Clc1ccc(Nc2nccc(-c3nc(-c4ccccc4)cs3)n2)cc1. The third kappa shape index (κ3) is 9.04. The first-order chi connectivity index (χ1) is 24.3. The van der Waals surface area contributed by atoms with Crippen LogP contribution < -0.4 is 10.6 Å². The number of carbonyl (C=O) groups is 1. The molecule has 14 heteroatoms. The fourth-order valence-electron chi connectivity index (χ4n) is 4.43. The molecular weight excluding hydrogens is 711 g/mol. The second kappa shape index (κ2) is 16.4. The third-order valence-electron chi connectivity index (χ3n) is 6.78. The minimum Gasteiger partial charge on any atom is -0.462 e. The Bertz CT molecular complexity index is 2200. The minimum absolute atomic E-state index is 0.328. The maximum atomic E-state index is 11.9. The lowest BCUT2D eigenvalue weighted by Crippen LogP contribution is -2.03. The number of esters is 1. The van der Waals surface area contributed by atoms with Gasteiger partial charge in [0, 0.05) is 44.8 Å². The van der Waals surface area contributed by atoms with E-state index in [0.717, 1.165) is 33.3 Å². The molecule has 0 aliphatic carbocycles. The summed E-state index contributed by atoms with van der Waals surface area (Å²) in [5.74, 6) is 0.596. The maximum absolute atomic E-state index is 11.9. The molecule has 0 spiro atoms. The zero-order valence-corrected chi connectivity index (χ0v) is 29.8.